The topological polar surface area (TPSA) is 59.6 Å². The van der Waals surface area contributed by atoms with Crippen LogP contribution >= 0.6 is 11.6 Å². The van der Waals surface area contributed by atoms with Gasteiger partial charge in [0.05, 0.1) is 16.6 Å². The van der Waals surface area contributed by atoms with Gasteiger partial charge in [0.15, 0.2) is 17.2 Å². The largest absolute Gasteiger partial charge is 0.486 e. The summed E-state index contributed by atoms with van der Waals surface area (Å²) in [6.07, 6.45) is 2.93. The summed E-state index contributed by atoms with van der Waals surface area (Å²) < 4.78 is 44.1. The van der Waals surface area contributed by atoms with Gasteiger partial charge in [0.2, 0.25) is 0 Å². The summed E-state index contributed by atoms with van der Waals surface area (Å²) in [7, 11) is 1.49. The van der Waals surface area contributed by atoms with E-state index in [0.29, 0.717) is 23.3 Å². The first kappa shape index (κ1) is 23.0. The number of halogens is 3. The first-order valence-electron chi connectivity index (χ1n) is 12.7. The molecule has 0 spiro atoms. The zero-order valence-electron chi connectivity index (χ0n) is 20.2. The van der Waals surface area contributed by atoms with Crippen molar-refractivity contribution in [1.29, 1.82) is 0 Å². The lowest BCUT2D eigenvalue weighted by molar-refractivity contribution is 0.0539. The highest BCUT2D eigenvalue weighted by atomic mass is 35.5. The van der Waals surface area contributed by atoms with E-state index in [0.717, 1.165) is 31.4 Å². The molecule has 3 aromatic rings. The Bertz CT molecular complexity index is 1460. The van der Waals surface area contributed by atoms with Gasteiger partial charge < -0.3 is 20.1 Å². The lowest BCUT2D eigenvalue weighted by Crippen LogP contribution is -2.48. The molecule has 3 heterocycles. The van der Waals surface area contributed by atoms with Gasteiger partial charge in [-0.25, -0.2) is 8.78 Å². The van der Waals surface area contributed by atoms with Crippen LogP contribution in [-0.2, 0) is 12.0 Å². The fraction of sp³-hybridized carbons (Fsp3) is 0.345. The molecule has 3 aliphatic heterocycles. The lowest BCUT2D eigenvalue weighted by Gasteiger charge is -2.35. The van der Waals surface area contributed by atoms with Crippen LogP contribution in [0.5, 0.6) is 11.5 Å². The second kappa shape index (κ2) is 8.17. The van der Waals surface area contributed by atoms with Crippen molar-refractivity contribution < 1.29 is 23.0 Å². The van der Waals surface area contributed by atoms with Crippen LogP contribution in [0.4, 0.5) is 8.78 Å². The fourth-order valence-corrected chi connectivity index (χ4v) is 6.67. The van der Waals surface area contributed by atoms with Gasteiger partial charge in [-0.2, -0.15) is 0 Å². The molecular weight excluding hydrogens is 498 g/mol. The number of hydrogen-bond acceptors (Lipinski definition) is 4. The number of hydrogen-bond donors (Lipinski definition) is 2. The van der Waals surface area contributed by atoms with Crippen LogP contribution < -0.4 is 20.1 Å². The van der Waals surface area contributed by atoms with Crippen molar-refractivity contribution in [3.05, 3.63) is 81.4 Å². The second-order valence-corrected chi connectivity index (χ2v) is 10.7. The van der Waals surface area contributed by atoms with Crippen LogP contribution in [0.2, 0.25) is 5.02 Å². The number of benzene rings is 3. The lowest BCUT2D eigenvalue weighted by atomic mass is 9.80. The van der Waals surface area contributed by atoms with Crippen LogP contribution in [0.3, 0.4) is 0 Å². The molecule has 0 bridgehead atoms. The Hall–Kier alpha value is -3.16. The normalized spacial score (nSPS) is 26.6. The zero-order valence-corrected chi connectivity index (χ0v) is 20.9. The third kappa shape index (κ3) is 3.26. The number of carbonyl (C=O) groups excluding carboxylic acids is 1. The smallest absolute Gasteiger partial charge is 0.251 e. The number of ether oxygens (including phenoxy) is 2. The van der Waals surface area contributed by atoms with Gasteiger partial charge in [-0.15, -0.1) is 0 Å². The quantitative estimate of drug-likeness (QED) is 0.477. The Morgan fingerprint density at radius 2 is 2.00 bits per heavy atom. The van der Waals surface area contributed by atoms with Crippen LogP contribution in [-0.4, -0.2) is 31.6 Å². The third-order valence-corrected chi connectivity index (χ3v) is 8.65. The van der Waals surface area contributed by atoms with E-state index in [1.165, 1.54) is 13.1 Å². The summed E-state index contributed by atoms with van der Waals surface area (Å²) in [5, 5.41) is 5.91. The van der Waals surface area contributed by atoms with Gasteiger partial charge in [0.25, 0.3) is 5.91 Å². The molecule has 190 valence electrons. The third-order valence-electron chi connectivity index (χ3n) is 8.28. The molecule has 4 aliphatic rings. The number of carbonyl (C=O) groups is 1. The maximum atomic E-state index is 16.3. The summed E-state index contributed by atoms with van der Waals surface area (Å²) in [6, 6.07) is 12.7. The summed E-state index contributed by atoms with van der Waals surface area (Å²) >= 11 is 6.61. The first-order chi connectivity index (χ1) is 17.9. The molecule has 1 aliphatic carbocycles. The molecule has 0 aromatic heterocycles. The Balaban J connectivity index is 1.47. The minimum Gasteiger partial charge on any atom is -0.486 e. The van der Waals surface area contributed by atoms with Crippen molar-refractivity contribution in [2.75, 3.05) is 13.6 Å². The van der Waals surface area contributed by atoms with E-state index in [9.17, 15) is 4.79 Å². The maximum Gasteiger partial charge on any atom is 0.251 e. The van der Waals surface area contributed by atoms with Crippen molar-refractivity contribution in [2.45, 2.75) is 49.3 Å². The minimum atomic E-state index is -0.829. The molecule has 2 unspecified atom stereocenters. The number of rotatable bonds is 4. The summed E-state index contributed by atoms with van der Waals surface area (Å²) in [5.74, 6) is -1.37. The van der Waals surface area contributed by atoms with Gasteiger partial charge >= 0.3 is 0 Å². The zero-order chi connectivity index (χ0) is 25.5. The molecule has 1 saturated carbocycles. The van der Waals surface area contributed by atoms with Crippen LogP contribution in [0.15, 0.2) is 42.5 Å². The molecule has 2 N–H and O–H groups in total. The van der Waals surface area contributed by atoms with Crippen molar-refractivity contribution in [3.63, 3.8) is 0 Å². The van der Waals surface area contributed by atoms with Crippen molar-refractivity contribution in [1.82, 2.24) is 10.6 Å². The number of amides is 1. The molecule has 4 atom stereocenters. The molecule has 1 saturated heterocycles. The van der Waals surface area contributed by atoms with Gasteiger partial charge in [-0.05, 0) is 37.4 Å². The summed E-state index contributed by atoms with van der Waals surface area (Å²) in [6.45, 7) is 0.848. The first-order valence-corrected chi connectivity index (χ1v) is 13.0. The molecular formula is C29H25ClF2N2O3. The highest BCUT2D eigenvalue weighted by Crippen LogP contribution is 2.58. The van der Waals surface area contributed by atoms with E-state index in [-0.39, 0.29) is 45.5 Å². The highest BCUT2D eigenvalue weighted by molar-refractivity contribution is 6.34. The molecule has 0 radical (unpaired) electrons. The SMILES string of the molecule is CNC(=O)c1cc2c(c(F)c1-c1c(Cl)c(F)cc3c1C[C@](c1ccccc1)([C@@H]1CCCN1)O3)OC1CC21. The minimum absolute atomic E-state index is 0.0317. The van der Waals surface area contributed by atoms with E-state index >= 15 is 8.78 Å². The van der Waals surface area contributed by atoms with Crippen molar-refractivity contribution in [3.8, 4) is 22.6 Å². The van der Waals surface area contributed by atoms with E-state index < -0.39 is 23.1 Å². The van der Waals surface area contributed by atoms with Crippen molar-refractivity contribution in [2.24, 2.45) is 0 Å². The fourth-order valence-electron chi connectivity index (χ4n) is 6.41. The summed E-state index contributed by atoms with van der Waals surface area (Å²) in [5.41, 5.74) is 1.58. The molecule has 2 fully saturated rings. The standard InChI is InChI=1S/C29H25ClF2N2O3/c1-33-28(35)17-10-16-15-11-20(15)36-27(16)26(32)24(17)23-18-13-29(22-8-5-9-34-22,14-6-3-2-4-7-14)37-21(18)12-19(31)25(23)30/h2-4,6-7,10,12,15,20,22,34H,5,8-9,11,13H2,1H3,(H,33,35)/t15?,20?,22-,29-/m0/s1. The molecule has 1 amide bonds. The maximum absolute atomic E-state index is 16.3. The van der Waals surface area contributed by atoms with Crippen LogP contribution in [0.1, 0.15) is 52.2 Å². The molecule has 3 aromatic carbocycles. The van der Waals surface area contributed by atoms with Crippen LogP contribution in [0.25, 0.3) is 11.1 Å². The van der Waals surface area contributed by atoms with Gasteiger partial charge in [-0.3, -0.25) is 4.79 Å². The van der Waals surface area contributed by atoms with E-state index in [4.69, 9.17) is 21.1 Å². The number of fused-ring (bicyclic) bond motifs is 4. The Morgan fingerprint density at radius 3 is 2.73 bits per heavy atom. The molecule has 37 heavy (non-hydrogen) atoms. The molecule has 5 nitrogen and oxygen atoms in total. The average Bonchev–Trinajstić information content (AvgIpc) is 3.26. The van der Waals surface area contributed by atoms with E-state index in [2.05, 4.69) is 10.6 Å². The van der Waals surface area contributed by atoms with Gasteiger partial charge in [0.1, 0.15) is 17.7 Å². The summed E-state index contributed by atoms with van der Waals surface area (Å²) in [4.78, 5) is 13.0. The second-order valence-electron chi connectivity index (χ2n) is 10.3. The van der Waals surface area contributed by atoms with E-state index in [1.54, 1.807) is 6.07 Å². The molecule has 8 heteroatoms. The van der Waals surface area contributed by atoms with Crippen LogP contribution in [0, 0.1) is 11.6 Å². The predicted octanol–water partition coefficient (Wildman–Crippen LogP) is 5.48. The number of nitrogens with one attached hydrogen (secondary N) is 2. The van der Waals surface area contributed by atoms with Crippen molar-refractivity contribution >= 4 is 17.5 Å². The van der Waals surface area contributed by atoms with E-state index in [1.807, 2.05) is 30.3 Å². The predicted molar refractivity (Wildman–Crippen MR) is 135 cm³/mol. The van der Waals surface area contributed by atoms with Gasteiger partial charge in [-0.1, -0.05) is 41.9 Å². The Labute approximate surface area is 218 Å². The highest BCUT2D eigenvalue weighted by Gasteiger charge is 2.52. The monoisotopic (exact) mass is 522 g/mol. The molecule has 7 rings (SSSR count). The Kier molecular flexibility index (Phi) is 5.08. The average molecular weight is 523 g/mol. The van der Waals surface area contributed by atoms with Gasteiger partial charge in [0, 0.05) is 47.7 Å². The Morgan fingerprint density at radius 1 is 1.19 bits per heavy atom.